The number of rotatable bonds is 8. The number of nitrogens with one attached hydrogen (secondary N) is 1. The second kappa shape index (κ2) is 9.75. The number of nitrogens with zero attached hydrogens (tertiary/aromatic N) is 3. The number of aromatic nitrogens is 1. The van der Waals surface area contributed by atoms with Crippen molar-refractivity contribution in [3.05, 3.63) is 17.8 Å². The molecule has 3 heterocycles. The molecule has 0 aliphatic carbocycles. The molecule has 162 valence electrons. The highest BCUT2D eigenvalue weighted by Crippen LogP contribution is 2.28. The number of pyridine rings is 1. The van der Waals surface area contributed by atoms with Crippen LogP contribution in [0.25, 0.3) is 0 Å². The number of carboxylic acids is 1. The summed E-state index contributed by atoms with van der Waals surface area (Å²) < 4.78 is 25.9. The fourth-order valence-electron chi connectivity index (χ4n) is 4.16. The van der Waals surface area contributed by atoms with E-state index >= 15 is 0 Å². The Labute approximate surface area is 173 Å². The van der Waals surface area contributed by atoms with Gasteiger partial charge in [-0.25, -0.2) is 18.2 Å². The molecule has 2 aliphatic heterocycles. The molecule has 0 bridgehead atoms. The topological polar surface area (TPSA) is 103 Å². The van der Waals surface area contributed by atoms with Gasteiger partial charge in [-0.1, -0.05) is 6.42 Å². The highest BCUT2D eigenvalue weighted by atomic mass is 32.2. The van der Waals surface area contributed by atoms with Gasteiger partial charge in [0.25, 0.3) is 0 Å². The van der Waals surface area contributed by atoms with Crippen molar-refractivity contribution in [1.82, 2.24) is 9.88 Å². The van der Waals surface area contributed by atoms with Gasteiger partial charge < -0.3 is 14.9 Å². The zero-order valence-electron chi connectivity index (χ0n) is 17.1. The summed E-state index contributed by atoms with van der Waals surface area (Å²) in [5.74, 6) is -0.0944. The second-order valence-electron chi connectivity index (χ2n) is 8.03. The fourth-order valence-corrected chi connectivity index (χ4v) is 4.77. The monoisotopic (exact) mass is 424 g/mol. The number of hydrogen-bond acceptors (Lipinski definition) is 6. The van der Waals surface area contributed by atoms with Crippen LogP contribution in [0.1, 0.15) is 55.8 Å². The van der Waals surface area contributed by atoms with E-state index in [2.05, 4.69) is 14.6 Å². The number of carbonyl (C=O) groups is 1. The van der Waals surface area contributed by atoms with E-state index in [4.69, 9.17) is 0 Å². The number of piperidine rings is 2. The van der Waals surface area contributed by atoms with Crippen molar-refractivity contribution < 1.29 is 18.3 Å². The van der Waals surface area contributed by atoms with Gasteiger partial charge in [-0.2, -0.15) is 0 Å². The lowest BCUT2D eigenvalue weighted by Gasteiger charge is -2.35. The third kappa shape index (κ3) is 6.05. The van der Waals surface area contributed by atoms with Crippen LogP contribution in [0.4, 0.5) is 11.5 Å². The van der Waals surface area contributed by atoms with Gasteiger partial charge in [0.1, 0.15) is 11.4 Å². The quantitative estimate of drug-likeness (QED) is 0.661. The van der Waals surface area contributed by atoms with Crippen molar-refractivity contribution in [2.24, 2.45) is 5.92 Å². The molecule has 1 aromatic rings. The maximum absolute atomic E-state index is 11.7. The molecule has 0 saturated carbocycles. The maximum Gasteiger partial charge on any atom is 0.339 e. The van der Waals surface area contributed by atoms with E-state index in [1.165, 1.54) is 58.0 Å². The first-order valence-electron chi connectivity index (χ1n) is 10.6. The van der Waals surface area contributed by atoms with E-state index in [-0.39, 0.29) is 17.0 Å². The van der Waals surface area contributed by atoms with Crippen molar-refractivity contribution in [1.29, 1.82) is 0 Å². The summed E-state index contributed by atoms with van der Waals surface area (Å²) in [6, 6.07) is 1.36. The van der Waals surface area contributed by atoms with Gasteiger partial charge in [-0.15, -0.1) is 0 Å². The lowest BCUT2D eigenvalue weighted by atomic mass is 9.93. The largest absolute Gasteiger partial charge is 0.478 e. The molecule has 0 amide bonds. The predicted molar refractivity (Wildman–Crippen MR) is 114 cm³/mol. The molecule has 0 atom stereocenters. The summed E-state index contributed by atoms with van der Waals surface area (Å²) in [5.41, 5.74) is 0.220. The van der Waals surface area contributed by atoms with Crippen molar-refractivity contribution >= 4 is 27.5 Å². The van der Waals surface area contributed by atoms with E-state index in [0.29, 0.717) is 11.7 Å². The first-order chi connectivity index (χ1) is 13.9. The molecule has 3 rings (SSSR count). The number of anilines is 2. The van der Waals surface area contributed by atoms with E-state index < -0.39 is 16.0 Å². The number of sulfonamides is 1. The number of carboxylic acid groups (broad SMARTS) is 1. The Bertz CT molecular complexity index is 801. The summed E-state index contributed by atoms with van der Waals surface area (Å²) >= 11 is 0. The molecular weight excluding hydrogens is 392 g/mol. The van der Waals surface area contributed by atoms with E-state index in [0.717, 1.165) is 32.5 Å². The maximum atomic E-state index is 11.7. The molecule has 0 unspecified atom stereocenters. The average Bonchev–Trinajstić information content (AvgIpc) is 2.73. The highest BCUT2D eigenvalue weighted by molar-refractivity contribution is 7.92. The zero-order chi connectivity index (χ0) is 20.9. The van der Waals surface area contributed by atoms with Crippen molar-refractivity contribution in [3.63, 3.8) is 0 Å². The van der Waals surface area contributed by atoms with Crippen LogP contribution in [0.15, 0.2) is 12.3 Å². The number of likely N-dealkylation sites (tertiary alicyclic amines) is 1. The molecule has 2 aliphatic rings. The molecule has 0 aromatic carbocycles. The Hall–Kier alpha value is -1.87. The molecule has 1 aromatic heterocycles. The molecule has 2 N–H and O–H groups in total. The molecule has 8 nitrogen and oxygen atoms in total. The predicted octanol–water partition coefficient (Wildman–Crippen LogP) is 2.63. The Morgan fingerprint density at radius 2 is 1.90 bits per heavy atom. The van der Waals surface area contributed by atoms with Crippen LogP contribution in [0.5, 0.6) is 0 Å². The van der Waals surface area contributed by atoms with E-state index in [1.807, 2.05) is 4.90 Å². The van der Waals surface area contributed by atoms with Crippen LogP contribution < -0.4 is 9.62 Å². The number of aromatic carboxylic acids is 1. The van der Waals surface area contributed by atoms with Gasteiger partial charge in [-0.05, 0) is 70.6 Å². The summed E-state index contributed by atoms with van der Waals surface area (Å²) in [6.45, 7) is 6.68. The van der Waals surface area contributed by atoms with E-state index in [1.54, 1.807) is 0 Å². The van der Waals surface area contributed by atoms with Gasteiger partial charge >= 0.3 is 5.97 Å². The van der Waals surface area contributed by atoms with Crippen molar-refractivity contribution in [2.75, 3.05) is 48.1 Å². The summed E-state index contributed by atoms with van der Waals surface area (Å²) in [7, 11) is -3.48. The number of hydrogen-bond donors (Lipinski definition) is 2. The second-order valence-corrected chi connectivity index (χ2v) is 10.0. The minimum atomic E-state index is -3.48. The molecule has 2 fully saturated rings. The highest BCUT2D eigenvalue weighted by Gasteiger charge is 2.25. The Kier molecular flexibility index (Phi) is 7.34. The van der Waals surface area contributed by atoms with Crippen LogP contribution in [-0.4, -0.2) is 67.9 Å². The third-order valence-corrected chi connectivity index (χ3v) is 7.27. The Morgan fingerprint density at radius 3 is 2.52 bits per heavy atom. The first-order valence-corrected chi connectivity index (χ1v) is 12.2. The molecule has 0 spiro atoms. The lowest BCUT2D eigenvalue weighted by molar-refractivity contribution is 0.0697. The normalized spacial score (nSPS) is 19.3. The zero-order valence-corrected chi connectivity index (χ0v) is 18.0. The molecule has 0 radical (unpaired) electrons. The van der Waals surface area contributed by atoms with Gasteiger partial charge in [0, 0.05) is 13.1 Å². The average molecular weight is 425 g/mol. The van der Waals surface area contributed by atoms with Crippen molar-refractivity contribution in [3.8, 4) is 0 Å². The Balaban J connectivity index is 1.59. The van der Waals surface area contributed by atoms with Crippen LogP contribution in [0.3, 0.4) is 0 Å². The van der Waals surface area contributed by atoms with Crippen LogP contribution in [-0.2, 0) is 10.0 Å². The van der Waals surface area contributed by atoms with Gasteiger partial charge in [0.2, 0.25) is 10.0 Å². The molecule has 9 heteroatoms. The van der Waals surface area contributed by atoms with Gasteiger partial charge in [-0.3, -0.25) is 4.72 Å². The standard InChI is InChI=1S/C20H32N4O4S/c1-2-29(27,28)22-17-14-18(20(25)26)19(21-15-17)24-12-7-16(8-13-24)6-11-23-9-4-3-5-10-23/h14-16,22H,2-13H2,1H3,(H,25,26). The summed E-state index contributed by atoms with van der Waals surface area (Å²) in [5, 5.41) is 9.61. The van der Waals surface area contributed by atoms with Crippen molar-refractivity contribution in [2.45, 2.75) is 45.4 Å². The van der Waals surface area contributed by atoms with E-state index in [9.17, 15) is 18.3 Å². The van der Waals surface area contributed by atoms with Gasteiger partial charge in [0.05, 0.1) is 17.6 Å². The smallest absolute Gasteiger partial charge is 0.339 e. The lowest BCUT2D eigenvalue weighted by Crippen LogP contribution is -2.37. The Morgan fingerprint density at radius 1 is 1.21 bits per heavy atom. The molecule has 29 heavy (non-hydrogen) atoms. The van der Waals surface area contributed by atoms with Crippen LogP contribution >= 0.6 is 0 Å². The third-order valence-electron chi connectivity index (χ3n) is 5.97. The van der Waals surface area contributed by atoms with Crippen LogP contribution in [0, 0.1) is 5.92 Å². The summed E-state index contributed by atoms with van der Waals surface area (Å²) in [6.07, 6.45) is 8.63. The SMILES string of the molecule is CCS(=O)(=O)Nc1cnc(N2CCC(CCN3CCCCC3)CC2)c(C(=O)O)c1. The molecular formula is C20H32N4O4S. The summed E-state index contributed by atoms with van der Waals surface area (Å²) in [4.78, 5) is 20.6. The minimum absolute atomic E-state index is 0.0352. The van der Waals surface area contributed by atoms with Crippen LogP contribution in [0.2, 0.25) is 0 Å². The molecule has 2 saturated heterocycles. The van der Waals surface area contributed by atoms with Gasteiger partial charge in [0.15, 0.2) is 0 Å². The first kappa shape index (κ1) is 21.8. The fraction of sp³-hybridized carbons (Fsp3) is 0.700. The minimum Gasteiger partial charge on any atom is -0.478 e.